The van der Waals surface area contributed by atoms with Gasteiger partial charge in [-0.05, 0) is 0 Å². The molecule has 4 heteroatoms. The maximum absolute atomic E-state index is 4.17. The molecule has 0 fully saturated rings. The van der Waals surface area contributed by atoms with Crippen molar-refractivity contribution < 1.29 is 0 Å². The SMILES string of the molecule is PPN=S. The van der Waals surface area contributed by atoms with Crippen molar-refractivity contribution >= 4 is 29.8 Å². The van der Waals surface area contributed by atoms with Crippen molar-refractivity contribution in [2.24, 2.45) is 4.13 Å². The Kier molecular flexibility index (Phi) is 4.73. The van der Waals surface area contributed by atoms with E-state index in [1.165, 1.54) is 0 Å². The van der Waals surface area contributed by atoms with E-state index in [0.29, 0.717) is 8.42 Å². The summed E-state index contributed by atoms with van der Waals surface area (Å²) in [7, 11) is 2.91. The quantitative estimate of drug-likeness (QED) is 0.461. The first-order valence-corrected chi connectivity index (χ1v) is 3.82. The van der Waals surface area contributed by atoms with Gasteiger partial charge >= 0.3 is 0 Å². The summed E-state index contributed by atoms with van der Waals surface area (Å²) >= 11 is 4.17. The molecule has 0 aliphatic carbocycles. The molecule has 0 heterocycles. The highest BCUT2D eigenvalue weighted by atomic mass is 32.1. The van der Waals surface area contributed by atoms with Gasteiger partial charge in [-0.2, -0.15) is 4.13 Å². The molecule has 0 N–H and O–H groups in total. The lowest BCUT2D eigenvalue weighted by atomic mass is 13.9. The van der Waals surface area contributed by atoms with E-state index in [4.69, 9.17) is 0 Å². The Hall–Kier alpha value is 0.880. The minimum atomic E-state index is 0.497. The summed E-state index contributed by atoms with van der Waals surface area (Å²) in [6, 6.07) is 0. The van der Waals surface area contributed by atoms with Crippen LogP contribution in [-0.2, 0) is 12.4 Å². The Morgan fingerprint density at radius 1 is 2.00 bits per heavy atom. The highest BCUT2D eigenvalue weighted by Gasteiger charge is 1.46. The van der Waals surface area contributed by atoms with Crippen molar-refractivity contribution in [3.8, 4) is 0 Å². The summed E-state index contributed by atoms with van der Waals surface area (Å²) in [5.41, 5.74) is 0. The third-order valence-electron chi connectivity index (χ3n) is 0.0527. The van der Waals surface area contributed by atoms with Gasteiger partial charge in [-0.1, -0.05) is 8.93 Å². The van der Waals surface area contributed by atoms with Crippen LogP contribution in [0.2, 0.25) is 0 Å². The van der Waals surface area contributed by atoms with Crippen molar-refractivity contribution in [1.82, 2.24) is 0 Å². The molecule has 0 aliphatic heterocycles. The summed E-state index contributed by atoms with van der Waals surface area (Å²) < 4.78 is 3.31. The van der Waals surface area contributed by atoms with Crippen molar-refractivity contribution in [2.75, 3.05) is 0 Å². The summed E-state index contributed by atoms with van der Waals surface area (Å²) in [5.74, 6) is 0. The average Bonchev–Trinajstić information content (AvgIpc) is 1.37. The highest BCUT2D eigenvalue weighted by Crippen LogP contribution is 2.18. The van der Waals surface area contributed by atoms with E-state index in [-0.39, 0.29) is 0 Å². The largest absolute Gasteiger partial charge is 0.195 e. The fraction of sp³-hybridized carbons (Fsp3) is 0. The Bertz CT molecular complexity index is 20.0. The van der Waals surface area contributed by atoms with Crippen LogP contribution >= 0.6 is 17.3 Å². The summed E-state index contributed by atoms with van der Waals surface area (Å²) in [6.45, 7) is 0. The smallest absolute Gasteiger partial charge is 0.0398 e. The second kappa shape index (κ2) is 3.88. The fourth-order valence-corrected chi connectivity index (χ4v) is 0. The van der Waals surface area contributed by atoms with E-state index in [1.807, 2.05) is 0 Å². The van der Waals surface area contributed by atoms with Gasteiger partial charge in [0.05, 0.1) is 0 Å². The van der Waals surface area contributed by atoms with E-state index in [9.17, 15) is 0 Å². The molecule has 24 valence electrons. The van der Waals surface area contributed by atoms with E-state index >= 15 is 0 Å². The van der Waals surface area contributed by atoms with Crippen LogP contribution in [0.4, 0.5) is 0 Å². The summed E-state index contributed by atoms with van der Waals surface area (Å²) in [4.78, 5) is 0. The van der Waals surface area contributed by atoms with Crippen LogP contribution in [0.15, 0.2) is 4.13 Å². The molecular weight excluding hydrogens is 108 g/mol. The van der Waals surface area contributed by atoms with Crippen molar-refractivity contribution in [2.45, 2.75) is 0 Å². The zero-order chi connectivity index (χ0) is 3.41. The predicted molar refractivity (Wildman–Crippen MR) is 27.8 cm³/mol. The molecule has 0 aromatic rings. The molecule has 2 atom stereocenters. The molecule has 0 amide bonds. The number of rotatable bonds is 1. The van der Waals surface area contributed by atoms with Gasteiger partial charge < -0.3 is 0 Å². The Morgan fingerprint density at radius 2 is 2.25 bits per heavy atom. The van der Waals surface area contributed by atoms with Crippen molar-refractivity contribution in [3.05, 3.63) is 0 Å². The van der Waals surface area contributed by atoms with Gasteiger partial charge in [0.15, 0.2) is 0 Å². The molecule has 0 aromatic heterocycles. The molecule has 1 nitrogen and oxygen atoms in total. The van der Waals surface area contributed by atoms with Gasteiger partial charge in [-0.15, -0.1) is 0 Å². The van der Waals surface area contributed by atoms with Gasteiger partial charge in [-0.3, -0.25) is 0 Å². The van der Waals surface area contributed by atoms with Gasteiger partial charge in [0.1, 0.15) is 0 Å². The second-order valence-corrected chi connectivity index (χ2v) is 1.98. The van der Waals surface area contributed by atoms with Crippen LogP contribution in [0.25, 0.3) is 0 Å². The zero-order valence-electron chi connectivity index (χ0n) is 1.93. The second-order valence-electron chi connectivity index (χ2n) is 0.220. The molecule has 0 bridgehead atoms. The lowest BCUT2D eigenvalue weighted by Crippen LogP contribution is -1.03. The van der Waals surface area contributed by atoms with E-state index in [2.05, 4.69) is 25.5 Å². The van der Waals surface area contributed by atoms with Crippen LogP contribution < -0.4 is 0 Å². The standard InChI is InChI=1S/H3NP2S/c2-3-1-4/h3H,2H2. The van der Waals surface area contributed by atoms with Gasteiger partial charge in [-0.25, -0.2) is 0 Å². The Morgan fingerprint density at radius 3 is 2.25 bits per heavy atom. The fourth-order valence-electron chi connectivity index (χ4n) is 0. The molecule has 4 heavy (non-hydrogen) atoms. The number of hydrogen-bond acceptors (Lipinski definition) is 2. The molecule has 0 radical (unpaired) electrons. The van der Waals surface area contributed by atoms with Gasteiger partial charge in [0.2, 0.25) is 0 Å². The minimum absolute atomic E-state index is 0.497. The lowest BCUT2D eigenvalue weighted by molar-refractivity contribution is 2.12. The summed E-state index contributed by atoms with van der Waals surface area (Å²) in [5, 5.41) is 0. The van der Waals surface area contributed by atoms with Crippen molar-refractivity contribution in [1.29, 1.82) is 0 Å². The number of nitrogens with zero attached hydrogens (tertiary/aromatic N) is 1. The van der Waals surface area contributed by atoms with Gasteiger partial charge in [0.25, 0.3) is 0 Å². The monoisotopic (exact) mass is 111 g/mol. The molecule has 0 spiro atoms. The molecule has 0 saturated heterocycles. The minimum Gasteiger partial charge on any atom is -0.195 e. The zero-order valence-corrected chi connectivity index (χ0v) is 4.90. The average molecular weight is 111 g/mol. The van der Waals surface area contributed by atoms with Crippen molar-refractivity contribution in [3.63, 3.8) is 0 Å². The van der Waals surface area contributed by atoms with Crippen LogP contribution in [0.1, 0.15) is 0 Å². The summed E-state index contributed by atoms with van der Waals surface area (Å²) in [6.07, 6.45) is 0. The lowest BCUT2D eigenvalue weighted by Gasteiger charge is -1.57. The normalized spacial score (nSPS) is 9.25. The third kappa shape index (κ3) is 2.88. The molecular formula is H3NP2S. The highest BCUT2D eigenvalue weighted by molar-refractivity contribution is 8.03. The number of hydrogen-bond donors (Lipinski definition) is 0. The first-order chi connectivity index (χ1) is 1.91. The van der Waals surface area contributed by atoms with E-state index < -0.39 is 0 Å². The Balaban J connectivity index is 2.30. The first kappa shape index (κ1) is 4.88. The molecule has 0 aliphatic rings. The first-order valence-electron chi connectivity index (χ1n) is 0.695. The third-order valence-corrected chi connectivity index (χ3v) is 1.42. The Labute approximate surface area is 34.7 Å². The predicted octanol–water partition coefficient (Wildman–Crippen LogP) is 1.10. The molecule has 0 saturated carbocycles. The van der Waals surface area contributed by atoms with Crippen LogP contribution in [-0.4, -0.2) is 0 Å². The van der Waals surface area contributed by atoms with Crippen LogP contribution in [0.5, 0.6) is 0 Å². The topological polar surface area (TPSA) is 12.4 Å². The maximum atomic E-state index is 4.17. The van der Waals surface area contributed by atoms with Crippen LogP contribution in [0.3, 0.4) is 0 Å². The maximum Gasteiger partial charge on any atom is 0.0398 e. The van der Waals surface area contributed by atoms with E-state index in [0.717, 1.165) is 0 Å². The molecule has 2 unspecified atom stereocenters. The molecule has 0 rings (SSSR count). The van der Waals surface area contributed by atoms with Crippen LogP contribution in [0, 0.1) is 0 Å². The van der Waals surface area contributed by atoms with E-state index in [1.54, 1.807) is 0 Å². The van der Waals surface area contributed by atoms with Gasteiger partial charge in [0, 0.05) is 20.8 Å². The molecule has 0 aromatic carbocycles.